The second-order valence-electron chi connectivity index (χ2n) is 5.29. The molecule has 1 heterocycles. The van der Waals surface area contributed by atoms with Gasteiger partial charge in [-0.15, -0.1) is 0 Å². The number of nitrogens with one attached hydrogen (secondary N) is 2. The molecule has 0 saturated carbocycles. The van der Waals surface area contributed by atoms with Crippen LogP contribution in [0.3, 0.4) is 0 Å². The van der Waals surface area contributed by atoms with Crippen molar-refractivity contribution in [1.29, 1.82) is 0 Å². The maximum absolute atomic E-state index is 5.37. The van der Waals surface area contributed by atoms with Crippen molar-refractivity contribution in [2.45, 2.75) is 32.2 Å². The van der Waals surface area contributed by atoms with Gasteiger partial charge in [0.25, 0.3) is 0 Å². The van der Waals surface area contributed by atoms with E-state index in [-0.39, 0.29) is 0 Å². The molecule has 1 saturated heterocycles. The maximum Gasteiger partial charge on any atom is 0.166 e. The molecule has 20 heavy (non-hydrogen) atoms. The Hall–Kier alpha value is -1.13. The minimum Gasteiger partial charge on any atom is -0.381 e. The summed E-state index contributed by atoms with van der Waals surface area (Å²) in [6.45, 7) is 3.62. The summed E-state index contributed by atoms with van der Waals surface area (Å²) in [6, 6.07) is 10.3. The van der Waals surface area contributed by atoms with Crippen LogP contribution in [0.1, 0.15) is 31.2 Å². The van der Waals surface area contributed by atoms with E-state index >= 15 is 0 Å². The molecule has 2 N–H and O–H groups in total. The fraction of sp³-hybridized carbons (Fsp3) is 0.562. The molecule has 2 rings (SSSR count). The van der Waals surface area contributed by atoms with Crippen LogP contribution < -0.4 is 10.6 Å². The second kappa shape index (κ2) is 8.93. The molecular weight excluding hydrogens is 268 g/mol. The fourth-order valence-electron chi connectivity index (χ4n) is 2.47. The third kappa shape index (κ3) is 5.88. The Bertz CT molecular complexity index is 391. The number of ether oxygens (including phenoxy) is 1. The summed E-state index contributed by atoms with van der Waals surface area (Å²) >= 11 is 5.28. The van der Waals surface area contributed by atoms with Crippen LogP contribution in [0, 0.1) is 5.92 Å². The van der Waals surface area contributed by atoms with Crippen molar-refractivity contribution in [3.05, 3.63) is 35.9 Å². The highest BCUT2D eigenvalue weighted by Crippen LogP contribution is 2.19. The van der Waals surface area contributed by atoms with Crippen LogP contribution in [0.15, 0.2) is 30.3 Å². The summed E-state index contributed by atoms with van der Waals surface area (Å²) in [5.41, 5.74) is 1.25. The van der Waals surface area contributed by atoms with E-state index in [0.29, 0.717) is 0 Å². The summed E-state index contributed by atoms with van der Waals surface area (Å²) in [5, 5.41) is 7.27. The summed E-state index contributed by atoms with van der Waals surface area (Å²) < 4.78 is 5.37. The lowest BCUT2D eigenvalue weighted by atomic mass is 9.95. The van der Waals surface area contributed by atoms with Gasteiger partial charge in [0.1, 0.15) is 0 Å². The highest BCUT2D eigenvalue weighted by molar-refractivity contribution is 7.80. The van der Waals surface area contributed by atoms with Crippen LogP contribution in [0.4, 0.5) is 0 Å². The molecule has 1 fully saturated rings. The summed E-state index contributed by atoms with van der Waals surface area (Å²) in [6.07, 6.45) is 4.89. The van der Waals surface area contributed by atoms with Gasteiger partial charge in [0, 0.05) is 26.3 Å². The molecule has 1 aliphatic heterocycles. The van der Waals surface area contributed by atoms with Crippen LogP contribution in [0.25, 0.3) is 0 Å². The Morgan fingerprint density at radius 2 is 1.90 bits per heavy atom. The van der Waals surface area contributed by atoms with E-state index in [1.807, 2.05) is 18.2 Å². The van der Waals surface area contributed by atoms with Gasteiger partial charge in [-0.05, 0) is 49.4 Å². The molecule has 0 bridgehead atoms. The topological polar surface area (TPSA) is 33.3 Å². The summed E-state index contributed by atoms with van der Waals surface area (Å²) in [4.78, 5) is 0. The van der Waals surface area contributed by atoms with E-state index in [2.05, 4.69) is 22.8 Å². The molecule has 0 amide bonds. The monoisotopic (exact) mass is 292 g/mol. The number of benzene rings is 1. The van der Waals surface area contributed by atoms with Gasteiger partial charge in [-0.1, -0.05) is 30.3 Å². The zero-order chi connectivity index (χ0) is 14.0. The van der Waals surface area contributed by atoms with E-state index in [0.717, 1.165) is 37.3 Å². The largest absolute Gasteiger partial charge is 0.381 e. The summed E-state index contributed by atoms with van der Waals surface area (Å²) in [7, 11) is 0. The fourth-order valence-corrected chi connectivity index (χ4v) is 2.64. The van der Waals surface area contributed by atoms with Crippen molar-refractivity contribution in [2.24, 2.45) is 5.92 Å². The van der Waals surface area contributed by atoms with Gasteiger partial charge in [-0.25, -0.2) is 0 Å². The zero-order valence-electron chi connectivity index (χ0n) is 11.9. The number of hydrogen-bond donors (Lipinski definition) is 2. The summed E-state index contributed by atoms with van der Waals surface area (Å²) in [5.74, 6) is 0.844. The van der Waals surface area contributed by atoms with E-state index in [9.17, 15) is 0 Å². The normalized spacial score (nSPS) is 15.8. The lowest BCUT2D eigenvalue weighted by Gasteiger charge is -2.21. The Balaban J connectivity index is 1.51. The van der Waals surface area contributed by atoms with Crippen LogP contribution in [0.2, 0.25) is 0 Å². The van der Waals surface area contributed by atoms with Crippen molar-refractivity contribution in [2.75, 3.05) is 19.8 Å². The van der Waals surface area contributed by atoms with Crippen molar-refractivity contribution < 1.29 is 4.74 Å². The Morgan fingerprint density at radius 3 is 2.65 bits per heavy atom. The lowest BCUT2D eigenvalue weighted by molar-refractivity contribution is 0.0634. The lowest BCUT2D eigenvalue weighted by Crippen LogP contribution is -2.35. The van der Waals surface area contributed by atoms with E-state index in [4.69, 9.17) is 17.0 Å². The third-order valence-electron chi connectivity index (χ3n) is 3.71. The molecule has 110 valence electrons. The molecule has 0 spiro atoms. The van der Waals surface area contributed by atoms with Crippen LogP contribution in [-0.4, -0.2) is 24.9 Å². The first-order valence-electron chi connectivity index (χ1n) is 7.48. The molecule has 0 atom stereocenters. The highest BCUT2D eigenvalue weighted by Gasteiger charge is 2.12. The van der Waals surface area contributed by atoms with Gasteiger partial charge in [0.2, 0.25) is 0 Å². The van der Waals surface area contributed by atoms with E-state index in [1.165, 1.54) is 31.2 Å². The van der Waals surface area contributed by atoms with Gasteiger partial charge < -0.3 is 15.4 Å². The maximum atomic E-state index is 5.37. The predicted molar refractivity (Wildman–Crippen MR) is 86.7 cm³/mol. The van der Waals surface area contributed by atoms with Crippen molar-refractivity contribution in [3.63, 3.8) is 0 Å². The first-order chi connectivity index (χ1) is 9.84. The van der Waals surface area contributed by atoms with Gasteiger partial charge in [-0.3, -0.25) is 0 Å². The molecule has 0 aromatic heterocycles. The molecular formula is C16H24N2OS. The van der Waals surface area contributed by atoms with Gasteiger partial charge in [0.15, 0.2) is 5.11 Å². The number of rotatable bonds is 6. The van der Waals surface area contributed by atoms with Crippen molar-refractivity contribution in [3.8, 4) is 0 Å². The van der Waals surface area contributed by atoms with Crippen LogP contribution in [0.5, 0.6) is 0 Å². The third-order valence-corrected chi connectivity index (χ3v) is 4.00. The molecule has 0 unspecified atom stereocenters. The minimum atomic E-state index is 0.751. The van der Waals surface area contributed by atoms with Gasteiger partial charge in [0.05, 0.1) is 0 Å². The molecule has 0 aliphatic carbocycles. The Kier molecular flexibility index (Phi) is 6.81. The zero-order valence-corrected chi connectivity index (χ0v) is 12.8. The smallest absolute Gasteiger partial charge is 0.166 e. The van der Waals surface area contributed by atoms with Crippen molar-refractivity contribution >= 4 is 17.3 Å². The molecule has 3 nitrogen and oxygen atoms in total. The molecule has 1 aromatic rings. The van der Waals surface area contributed by atoms with Crippen LogP contribution in [-0.2, 0) is 11.3 Å². The Morgan fingerprint density at radius 1 is 1.15 bits per heavy atom. The number of thiocarbonyl (C=S) groups is 1. The standard InChI is InChI=1S/C16H24N2OS/c20-16(18-13-15-5-2-1-3-6-15)17-10-4-7-14-8-11-19-12-9-14/h1-3,5-6,14H,4,7-13H2,(H2,17,18,20). The second-order valence-corrected chi connectivity index (χ2v) is 5.70. The molecule has 0 radical (unpaired) electrons. The molecule has 4 heteroatoms. The van der Waals surface area contributed by atoms with Gasteiger partial charge in [-0.2, -0.15) is 0 Å². The van der Waals surface area contributed by atoms with E-state index < -0.39 is 0 Å². The highest BCUT2D eigenvalue weighted by atomic mass is 32.1. The van der Waals surface area contributed by atoms with Crippen molar-refractivity contribution in [1.82, 2.24) is 10.6 Å². The minimum absolute atomic E-state index is 0.751. The average molecular weight is 292 g/mol. The quantitative estimate of drug-likeness (QED) is 0.624. The Labute approximate surface area is 127 Å². The average Bonchev–Trinajstić information content (AvgIpc) is 2.52. The first kappa shape index (κ1) is 15.3. The first-order valence-corrected chi connectivity index (χ1v) is 7.89. The SMILES string of the molecule is S=C(NCCCC1CCOCC1)NCc1ccccc1. The van der Waals surface area contributed by atoms with Crippen LogP contribution >= 0.6 is 12.2 Å². The predicted octanol–water partition coefficient (Wildman–Crippen LogP) is 2.86. The number of hydrogen-bond acceptors (Lipinski definition) is 2. The molecule has 1 aromatic carbocycles. The van der Waals surface area contributed by atoms with E-state index in [1.54, 1.807) is 0 Å². The van der Waals surface area contributed by atoms with Gasteiger partial charge >= 0.3 is 0 Å². The molecule has 1 aliphatic rings.